The lowest BCUT2D eigenvalue weighted by Gasteiger charge is -2.36. The van der Waals surface area contributed by atoms with Gasteiger partial charge in [-0.15, -0.1) is 0 Å². The Bertz CT molecular complexity index is 646. The molecule has 2 aliphatic rings. The number of rotatable bonds is 5. The Morgan fingerprint density at radius 3 is 2.58 bits per heavy atom. The number of anilines is 1. The summed E-state index contributed by atoms with van der Waals surface area (Å²) < 4.78 is 0. The number of carbonyl (C=O) groups excluding carboxylic acids is 2. The molecule has 1 saturated carbocycles. The van der Waals surface area contributed by atoms with Gasteiger partial charge in [0, 0.05) is 32.1 Å². The average molecular weight is 379 g/mol. The highest BCUT2D eigenvalue weighted by Gasteiger charge is 2.35. The zero-order valence-corrected chi connectivity index (χ0v) is 15.8. The van der Waals surface area contributed by atoms with Gasteiger partial charge in [0.2, 0.25) is 11.8 Å². The molecule has 6 nitrogen and oxygen atoms in total. The van der Waals surface area contributed by atoms with Crippen molar-refractivity contribution in [2.45, 2.75) is 19.3 Å². The molecule has 26 heavy (non-hydrogen) atoms. The Hall–Kier alpha value is -1.63. The fraction of sp³-hybridized carbons (Fsp3) is 0.579. The number of halogens is 1. The van der Waals surface area contributed by atoms with Crippen molar-refractivity contribution in [3.8, 4) is 0 Å². The molecule has 1 aliphatic carbocycles. The van der Waals surface area contributed by atoms with Crippen molar-refractivity contribution < 1.29 is 9.59 Å². The summed E-state index contributed by atoms with van der Waals surface area (Å²) in [7, 11) is 0. The zero-order valence-electron chi connectivity index (χ0n) is 15.0. The second-order valence-corrected chi connectivity index (χ2v) is 7.57. The molecule has 142 valence electrons. The van der Waals surface area contributed by atoms with Gasteiger partial charge in [0.1, 0.15) is 0 Å². The van der Waals surface area contributed by atoms with E-state index in [0.717, 1.165) is 19.3 Å². The van der Waals surface area contributed by atoms with Crippen LogP contribution in [0.1, 0.15) is 19.3 Å². The Labute approximate surface area is 159 Å². The molecule has 0 aromatic heterocycles. The summed E-state index contributed by atoms with van der Waals surface area (Å²) in [5.74, 6) is 0.590. The number of hydrogen-bond acceptors (Lipinski definition) is 4. The van der Waals surface area contributed by atoms with Crippen LogP contribution >= 0.6 is 11.6 Å². The first kappa shape index (κ1) is 19.1. The van der Waals surface area contributed by atoms with Gasteiger partial charge in [-0.25, -0.2) is 0 Å². The number of para-hydroxylation sites is 1. The lowest BCUT2D eigenvalue weighted by atomic mass is 9.94. The highest BCUT2D eigenvalue weighted by atomic mass is 35.5. The molecule has 0 radical (unpaired) electrons. The normalized spacial score (nSPS) is 23.8. The summed E-state index contributed by atoms with van der Waals surface area (Å²) in [6.45, 7) is 3.67. The second-order valence-electron chi connectivity index (χ2n) is 7.16. The van der Waals surface area contributed by atoms with E-state index >= 15 is 0 Å². The molecule has 1 aromatic rings. The number of hydrogen-bond donors (Lipinski definition) is 2. The molecule has 0 bridgehead atoms. The molecule has 1 heterocycles. The van der Waals surface area contributed by atoms with Crippen LogP contribution in [0.2, 0.25) is 5.02 Å². The topological polar surface area (TPSA) is 78.7 Å². The van der Waals surface area contributed by atoms with E-state index in [0.29, 0.717) is 55.9 Å². The molecule has 2 atom stereocenters. The van der Waals surface area contributed by atoms with Crippen LogP contribution in [-0.2, 0) is 9.59 Å². The number of nitrogens with two attached hydrogens (primary N) is 1. The third-order valence-electron chi connectivity index (χ3n) is 5.48. The van der Waals surface area contributed by atoms with Gasteiger partial charge in [-0.05, 0) is 37.4 Å². The van der Waals surface area contributed by atoms with E-state index in [1.165, 1.54) is 0 Å². The van der Waals surface area contributed by atoms with Crippen molar-refractivity contribution in [2.75, 3.05) is 44.6 Å². The number of nitrogens with zero attached hydrogens (tertiary/aromatic N) is 2. The minimum absolute atomic E-state index is 0.0862. The van der Waals surface area contributed by atoms with Gasteiger partial charge in [-0.3, -0.25) is 14.5 Å². The summed E-state index contributed by atoms with van der Waals surface area (Å²) in [6, 6.07) is 7.20. The van der Waals surface area contributed by atoms with E-state index in [4.69, 9.17) is 17.3 Å². The molecule has 0 spiro atoms. The predicted molar refractivity (Wildman–Crippen MR) is 103 cm³/mol. The third kappa shape index (κ3) is 4.55. The Morgan fingerprint density at radius 1 is 1.15 bits per heavy atom. The quantitative estimate of drug-likeness (QED) is 0.818. The molecule has 7 heteroatoms. The van der Waals surface area contributed by atoms with Crippen molar-refractivity contribution >= 4 is 29.1 Å². The SMILES string of the molecule is NC[C@H]1CCC[C@H]1C(=O)N1CCN(CC(=O)Nc2ccccc2Cl)CC1. The Kier molecular flexibility index (Phi) is 6.51. The van der Waals surface area contributed by atoms with Crippen LogP contribution in [0.5, 0.6) is 0 Å². The lowest BCUT2D eigenvalue weighted by Crippen LogP contribution is -2.52. The first-order valence-electron chi connectivity index (χ1n) is 9.34. The molecule has 3 rings (SSSR count). The number of carbonyl (C=O) groups is 2. The Morgan fingerprint density at radius 2 is 1.88 bits per heavy atom. The van der Waals surface area contributed by atoms with Crippen LogP contribution < -0.4 is 11.1 Å². The van der Waals surface area contributed by atoms with Gasteiger partial charge in [0.15, 0.2) is 0 Å². The van der Waals surface area contributed by atoms with Crippen LogP contribution in [-0.4, -0.2) is 60.9 Å². The summed E-state index contributed by atoms with van der Waals surface area (Å²) in [5.41, 5.74) is 6.44. The van der Waals surface area contributed by atoms with E-state index in [9.17, 15) is 9.59 Å². The molecule has 0 unspecified atom stereocenters. The van der Waals surface area contributed by atoms with Crippen molar-refractivity contribution in [1.29, 1.82) is 0 Å². The van der Waals surface area contributed by atoms with Crippen LogP contribution in [0.4, 0.5) is 5.69 Å². The molecule has 3 N–H and O–H groups in total. The zero-order chi connectivity index (χ0) is 18.5. The minimum atomic E-state index is -0.0862. The number of amides is 2. The van der Waals surface area contributed by atoms with Gasteiger partial charge in [0.05, 0.1) is 17.3 Å². The van der Waals surface area contributed by atoms with E-state index < -0.39 is 0 Å². The Balaban J connectivity index is 1.45. The van der Waals surface area contributed by atoms with Crippen molar-refractivity contribution in [3.05, 3.63) is 29.3 Å². The molecular formula is C19H27ClN4O2. The predicted octanol–water partition coefficient (Wildman–Crippen LogP) is 1.80. The largest absolute Gasteiger partial charge is 0.340 e. The monoisotopic (exact) mass is 378 g/mol. The maximum Gasteiger partial charge on any atom is 0.238 e. The smallest absolute Gasteiger partial charge is 0.238 e. The first-order valence-corrected chi connectivity index (χ1v) is 9.72. The average Bonchev–Trinajstić information content (AvgIpc) is 3.12. The lowest BCUT2D eigenvalue weighted by molar-refractivity contribution is -0.138. The molecule has 1 saturated heterocycles. The maximum absolute atomic E-state index is 12.7. The summed E-state index contributed by atoms with van der Waals surface area (Å²) in [4.78, 5) is 29.0. The molecule has 2 amide bonds. The number of piperazine rings is 1. The summed E-state index contributed by atoms with van der Waals surface area (Å²) in [6.07, 6.45) is 3.12. The number of benzene rings is 1. The molecule has 1 aliphatic heterocycles. The van der Waals surface area contributed by atoms with E-state index in [1.54, 1.807) is 12.1 Å². The van der Waals surface area contributed by atoms with Crippen LogP contribution in [0, 0.1) is 11.8 Å². The van der Waals surface area contributed by atoms with Gasteiger partial charge in [-0.2, -0.15) is 0 Å². The van der Waals surface area contributed by atoms with Gasteiger partial charge in [-0.1, -0.05) is 30.2 Å². The van der Waals surface area contributed by atoms with Crippen LogP contribution in [0.25, 0.3) is 0 Å². The first-order chi connectivity index (χ1) is 12.6. The standard InChI is InChI=1S/C19H27ClN4O2/c20-16-6-1-2-7-17(16)22-18(25)13-23-8-10-24(11-9-23)19(26)15-5-3-4-14(15)12-21/h1-2,6-7,14-15H,3-5,8-13,21H2,(H,22,25)/t14-,15-/m1/s1. The molecular weight excluding hydrogens is 352 g/mol. The highest BCUT2D eigenvalue weighted by molar-refractivity contribution is 6.33. The molecule has 1 aromatic carbocycles. The van der Waals surface area contributed by atoms with Crippen LogP contribution in [0.3, 0.4) is 0 Å². The maximum atomic E-state index is 12.7. The van der Waals surface area contributed by atoms with Gasteiger partial charge >= 0.3 is 0 Å². The summed E-state index contributed by atoms with van der Waals surface area (Å²) >= 11 is 6.07. The minimum Gasteiger partial charge on any atom is -0.340 e. The van der Waals surface area contributed by atoms with Gasteiger partial charge in [0.25, 0.3) is 0 Å². The van der Waals surface area contributed by atoms with Crippen molar-refractivity contribution in [2.24, 2.45) is 17.6 Å². The second kappa shape index (κ2) is 8.84. The highest BCUT2D eigenvalue weighted by Crippen LogP contribution is 2.32. The van der Waals surface area contributed by atoms with Crippen LogP contribution in [0.15, 0.2) is 24.3 Å². The van der Waals surface area contributed by atoms with Crippen molar-refractivity contribution in [1.82, 2.24) is 9.80 Å². The fourth-order valence-electron chi connectivity index (χ4n) is 3.96. The van der Waals surface area contributed by atoms with Gasteiger partial charge < -0.3 is 16.0 Å². The van der Waals surface area contributed by atoms with E-state index in [2.05, 4.69) is 10.2 Å². The van der Waals surface area contributed by atoms with Crippen molar-refractivity contribution in [3.63, 3.8) is 0 Å². The van der Waals surface area contributed by atoms with E-state index in [1.807, 2.05) is 17.0 Å². The number of nitrogens with one attached hydrogen (secondary N) is 1. The fourth-order valence-corrected chi connectivity index (χ4v) is 4.14. The third-order valence-corrected chi connectivity index (χ3v) is 5.81. The van der Waals surface area contributed by atoms with E-state index in [-0.39, 0.29) is 17.7 Å². The molecule has 2 fully saturated rings. The summed E-state index contributed by atoms with van der Waals surface area (Å²) in [5, 5.41) is 3.37.